The number of anilines is 1. The Labute approximate surface area is 153 Å². The standard InChI is InChI=1S/C18H24N4O3S/c1-13-7-8-16(19-10-13)21-18(23)15(9-14-5-3-4-6-14)22-11-17(20-12-22)26(2,24)25/h7-8,10-12,14-15H,3-6,9H2,1-2H3,(H,19,21,23)/t15-/m0/s1. The number of aromatic nitrogens is 3. The van der Waals surface area contributed by atoms with Crippen LogP contribution in [0.25, 0.3) is 0 Å². The third-order valence-electron chi connectivity index (χ3n) is 4.81. The fraction of sp³-hybridized carbons (Fsp3) is 0.500. The van der Waals surface area contributed by atoms with Crippen LogP contribution in [-0.4, -0.2) is 35.1 Å². The average molecular weight is 376 g/mol. The summed E-state index contributed by atoms with van der Waals surface area (Å²) < 4.78 is 25.0. The Balaban J connectivity index is 1.83. The molecule has 140 valence electrons. The van der Waals surface area contributed by atoms with Gasteiger partial charge >= 0.3 is 0 Å². The SMILES string of the molecule is Cc1ccc(NC(=O)[C@H](CC2CCCC2)n2cnc(S(C)(=O)=O)c2)nc1. The molecule has 1 N–H and O–H groups in total. The summed E-state index contributed by atoms with van der Waals surface area (Å²) in [4.78, 5) is 21.1. The fourth-order valence-electron chi connectivity index (χ4n) is 3.36. The lowest BCUT2D eigenvalue weighted by atomic mass is 9.97. The summed E-state index contributed by atoms with van der Waals surface area (Å²) in [5.74, 6) is 0.743. The number of nitrogens with zero attached hydrogens (tertiary/aromatic N) is 3. The van der Waals surface area contributed by atoms with Gasteiger partial charge in [0.25, 0.3) is 0 Å². The zero-order valence-electron chi connectivity index (χ0n) is 15.1. The first-order valence-electron chi connectivity index (χ1n) is 8.80. The van der Waals surface area contributed by atoms with Gasteiger partial charge in [0.15, 0.2) is 14.9 Å². The number of rotatable bonds is 6. The summed E-state index contributed by atoms with van der Waals surface area (Å²) in [6.45, 7) is 1.93. The molecule has 1 atom stereocenters. The Morgan fingerprint density at radius 1 is 1.31 bits per heavy atom. The molecule has 0 aliphatic heterocycles. The van der Waals surface area contributed by atoms with Crippen molar-refractivity contribution in [2.75, 3.05) is 11.6 Å². The lowest BCUT2D eigenvalue weighted by Gasteiger charge is -2.21. The fourth-order valence-corrected chi connectivity index (χ4v) is 3.91. The van der Waals surface area contributed by atoms with Gasteiger partial charge in [-0.05, 0) is 30.9 Å². The van der Waals surface area contributed by atoms with Crippen molar-refractivity contribution in [3.63, 3.8) is 0 Å². The van der Waals surface area contributed by atoms with Crippen molar-refractivity contribution in [3.8, 4) is 0 Å². The summed E-state index contributed by atoms with van der Waals surface area (Å²) in [7, 11) is -3.41. The monoisotopic (exact) mass is 376 g/mol. The molecule has 3 rings (SSSR count). The van der Waals surface area contributed by atoms with Gasteiger partial charge in [-0.2, -0.15) is 0 Å². The lowest BCUT2D eigenvalue weighted by Crippen LogP contribution is -2.27. The highest BCUT2D eigenvalue weighted by atomic mass is 32.2. The number of aryl methyl sites for hydroxylation is 1. The Bertz CT molecular complexity index is 868. The number of nitrogens with one attached hydrogen (secondary N) is 1. The minimum atomic E-state index is -3.41. The summed E-state index contributed by atoms with van der Waals surface area (Å²) >= 11 is 0. The van der Waals surface area contributed by atoms with Crippen molar-refractivity contribution in [2.24, 2.45) is 5.92 Å². The van der Waals surface area contributed by atoms with E-state index in [-0.39, 0.29) is 10.9 Å². The third-order valence-corrected chi connectivity index (χ3v) is 5.78. The van der Waals surface area contributed by atoms with Gasteiger partial charge in [-0.15, -0.1) is 0 Å². The van der Waals surface area contributed by atoms with Gasteiger partial charge < -0.3 is 9.88 Å². The van der Waals surface area contributed by atoms with Crippen molar-refractivity contribution in [1.29, 1.82) is 0 Å². The largest absolute Gasteiger partial charge is 0.324 e. The molecule has 1 saturated carbocycles. The Morgan fingerprint density at radius 2 is 2.04 bits per heavy atom. The molecule has 2 heterocycles. The van der Waals surface area contributed by atoms with Crippen LogP contribution in [0.4, 0.5) is 5.82 Å². The van der Waals surface area contributed by atoms with Gasteiger partial charge in [-0.1, -0.05) is 31.7 Å². The van der Waals surface area contributed by atoms with Crippen LogP contribution in [-0.2, 0) is 14.6 Å². The highest BCUT2D eigenvalue weighted by Gasteiger charge is 2.28. The quantitative estimate of drug-likeness (QED) is 0.836. The molecule has 0 spiro atoms. The number of pyridine rings is 1. The minimum Gasteiger partial charge on any atom is -0.324 e. The molecule has 8 heteroatoms. The van der Waals surface area contributed by atoms with E-state index >= 15 is 0 Å². The van der Waals surface area contributed by atoms with Gasteiger partial charge in [0, 0.05) is 18.6 Å². The maximum Gasteiger partial charge on any atom is 0.248 e. The van der Waals surface area contributed by atoms with E-state index in [1.54, 1.807) is 16.8 Å². The van der Waals surface area contributed by atoms with Crippen molar-refractivity contribution in [2.45, 2.75) is 50.1 Å². The summed E-state index contributed by atoms with van der Waals surface area (Å²) in [6, 6.07) is 3.13. The van der Waals surface area contributed by atoms with Gasteiger partial charge in [0.2, 0.25) is 5.91 Å². The summed E-state index contributed by atoms with van der Waals surface area (Å²) in [6.07, 6.45) is 10.9. The maximum atomic E-state index is 12.9. The molecule has 0 aromatic carbocycles. The number of carbonyl (C=O) groups excluding carboxylic acids is 1. The number of amides is 1. The molecule has 0 bridgehead atoms. The van der Waals surface area contributed by atoms with E-state index < -0.39 is 15.9 Å². The second kappa shape index (κ2) is 7.57. The molecule has 26 heavy (non-hydrogen) atoms. The van der Waals surface area contributed by atoms with Crippen LogP contribution in [0.2, 0.25) is 0 Å². The molecule has 1 aliphatic carbocycles. The van der Waals surface area contributed by atoms with Crippen molar-refractivity contribution in [1.82, 2.24) is 14.5 Å². The molecular weight excluding hydrogens is 352 g/mol. The van der Waals surface area contributed by atoms with Gasteiger partial charge in [-0.25, -0.2) is 18.4 Å². The smallest absolute Gasteiger partial charge is 0.248 e. The summed E-state index contributed by atoms with van der Waals surface area (Å²) in [5, 5.41) is 2.82. The van der Waals surface area contributed by atoms with E-state index in [4.69, 9.17) is 0 Å². The van der Waals surface area contributed by atoms with Gasteiger partial charge in [-0.3, -0.25) is 4.79 Å². The zero-order chi connectivity index (χ0) is 18.7. The predicted molar refractivity (Wildman–Crippen MR) is 98.6 cm³/mol. The highest BCUT2D eigenvalue weighted by Crippen LogP contribution is 2.32. The topological polar surface area (TPSA) is 94.0 Å². The normalized spacial score (nSPS) is 16.5. The molecule has 0 radical (unpaired) electrons. The van der Waals surface area contributed by atoms with Gasteiger partial charge in [0.05, 0.1) is 6.33 Å². The van der Waals surface area contributed by atoms with Crippen molar-refractivity contribution < 1.29 is 13.2 Å². The predicted octanol–water partition coefficient (Wildman–Crippen LogP) is 2.75. The van der Waals surface area contributed by atoms with Crippen LogP contribution in [0.3, 0.4) is 0 Å². The second-order valence-electron chi connectivity index (χ2n) is 7.04. The van der Waals surface area contributed by atoms with Crippen LogP contribution >= 0.6 is 0 Å². The molecule has 0 unspecified atom stereocenters. The molecule has 7 nitrogen and oxygen atoms in total. The second-order valence-corrected chi connectivity index (χ2v) is 9.01. The average Bonchev–Trinajstić information content (AvgIpc) is 3.25. The van der Waals surface area contributed by atoms with E-state index in [0.717, 1.165) is 24.7 Å². The molecule has 1 aliphatic rings. The Hall–Kier alpha value is -2.22. The van der Waals surface area contributed by atoms with Crippen LogP contribution in [0.15, 0.2) is 35.9 Å². The zero-order valence-corrected chi connectivity index (χ0v) is 15.9. The number of hydrogen-bond donors (Lipinski definition) is 1. The first kappa shape index (κ1) is 18.6. The number of hydrogen-bond acceptors (Lipinski definition) is 5. The lowest BCUT2D eigenvalue weighted by molar-refractivity contribution is -0.119. The molecule has 1 amide bonds. The number of carbonyl (C=O) groups is 1. The highest BCUT2D eigenvalue weighted by molar-refractivity contribution is 7.90. The third kappa shape index (κ3) is 4.49. The van der Waals surface area contributed by atoms with E-state index in [1.165, 1.54) is 25.4 Å². The molecule has 2 aromatic rings. The van der Waals surface area contributed by atoms with E-state index in [0.29, 0.717) is 18.2 Å². The Kier molecular flexibility index (Phi) is 5.41. The number of imidazole rings is 1. The molecule has 1 fully saturated rings. The molecule has 2 aromatic heterocycles. The van der Waals surface area contributed by atoms with Gasteiger partial charge in [0.1, 0.15) is 11.9 Å². The van der Waals surface area contributed by atoms with Crippen LogP contribution < -0.4 is 5.32 Å². The number of sulfone groups is 1. The first-order chi connectivity index (χ1) is 12.3. The van der Waals surface area contributed by atoms with E-state index in [9.17, 15) is 13.2 Å². The minimum absolute atomic E-state index is 0.0183. The van der Waals surface area contributed by atoms with Crippen molar-refractivity contribution >= 4 is 21.6 Å². The Morgan fingerprint density at radius 3 is 2.62 bits per heavy atom. The van der Waals surface area contributed by atoms with Crippen LogP contribution in [0.1, 0.15) is 43.7 Å². The first-order valence-corrected chi connectivity index (χ1v) is 10.7. The van der Waals surface area contributed by atoms with E-state index in [1.807, 2.05) is 13.0 Å². The van der Waals surface area contributed by atoms with E-state index in [2.05, 4.69) is 15.3 Å². The molecular formula is C18H24N4O3S. The van der Waals surface area contributed by atoms with Crippen LogP contribution in [0.5, 0.6) is 0 Å². The summed E-state index contributed by atoms with van der Waals surface area (Å²) in [5.41, 5.74) is 1.01. The molecule has 0 saturated heterocycles. The van der Waals surface area contributed by atoms with Crippen molar-refractivity contribution in [3.05, 3.63) is 36.4 Å². The van der Waals surface area contributed by atoms with Crippen LogP contribution in [0, 0.1) is 12.8 Å². The maximum absolute atomic E-state index is 12.9.